The van der Waals surface area contributed by atoms with Crippen LogP contribution < -0.4 is 0 Å². The molecule has 2 heterocycles. The molecule has 0 aliphatic carbocycles. The zero-order valence-corrected chi connectivity index (χ0v) is 21.5. The van der Waals surface area contributed by atoms with Crippen molar-refractivity contribution in [1.29, 1.82) is 0 Å². The smallest absolute Gasteiger partial charge is 0.246 e. The van der Waals surface area contributed by atoms with Crippen molar-refractivity contribution in [1.82, 2.24) is 19.9 Å². The number of rotatable bonds is 6. The first-order chi connectivity index (χ1) is 16.6. The summed E-state index contributed by atoms with van der Waals surface area (Å²) in [6.07, 6.45) is 1.46. The Balaban J connectivity index is 1.29. The van der Waals surface area contributed by atoms with Gasteiger partial charge in [-0.1, -0.05) is 67.9 Å². The van der Waals surface area contributed by atoms with Crippen LogP contribution in [0.25, 0.3) is 11.4 Å². The van der Waals surface area contributed by atoms with Crippen molar-refractivity contribution in [2.45, 2.75) is 52.1 Å². The van der Waals surface area contributed by atoms with Crippen molar-refractivity contribution in [3.63, 3.8) is 0 Å². The summed E-state index contributed by atoms with van der Waals surface area (Å²) in [7, 11) is 1.76. The minimum Gasteiger partial charge on any atom is -0.337 e. The third kappa shape index (κ3) is 6.27. The first kappa shape index (κ1) is 25.3. The van der Waals surface area contributed by atoms with E-state index < -0.39 is 0 Å². The molecule has 8 heteroatoms. The number of hydrogen-bond donors (Lipinski definition) is 0. The SMILES string of the molecule is CN(Cc1nc(-c2ccc(C(C)(C)C)cc2)no1)C(=O)C1CCN(Cc2ccc(Cl)cc2F)CC1. The Morgan fingerprint density at radius 2 is 1.86 bits per heavy atom. The average molecular weight is 499 g/mol. The van der Waals surface area contributed by atoms with Gasteiger partial charge in [-0.05, 0) is 49.0 Å². The third-order valence-corrected chi connectivity index (χ3v) is 6.81. The largest absolute Gasteiger partial charge is 0.337 e. The molecule has 1 aliphatic heterocycles. The van der Waals surface area contributed by atoms with E-state index in [1.165, 1.54) is 11.6 Å². The van der Waals surface area contributed by atoms with Gasteiger partial charge in [0.25, 0.3) is 0 Å². The van der Waals surface area contributed by atoms with Crippen molar-refractivity contribution < 1.29 is 13.7 Å². The van der Waals surface area contributed by atoms with Crippen LogP contribution in [0.3, 0.4) is 0 Å². The number of likely N-dealkylation sites (tertiary alicyclic amines) is 1. The second-order valence-corrected chi connectivity index (χ2v) is 10.8. The molecule has 35 heavy (non-hydrogen) atoms. The fourth-order valence-corrected chi connectivity index (χ4v) is 4.54. The summed E-state index contributed by atoms with van der Waals surface area (Å²) in [5.74, 6) is 0.630. The molecule has 2 aromatic carbocycles. The quantitative estimate of drug-likeness (QED) is 0.436. The van der Waals surface area contributed by atoms with Crippen LogP contribution in [0.5, 0.6) is 0 Å². The summed E-state index contributed by atoms with van der Waals surface area (Å²) in [5.41, 5.74) is 2.81. The Morgan fingerprint density at radius 1 is 1.17 bits per heavy atom. The van der Waals surface area contributed by atoms with E-state index in [0.29, 0.717) is 28.8 Å². The number of carbonyl (C=O) groups is 1. The van der Waals surface area contributed by atoms with Crippen LogP contribution in [0, 0.1) is 11.7 Å². The molecule has 1 saturated heterocycles. The lowest BCUT2D eigenvalue weighted by Crippen LogP contribution is -2.40. The second kappa shape index (κ2) is 10.5. The molecule has 0 bridgehead atoms. The molecule has 0 atom stereocenters. The van der Waals surface area contributed by atoms with Gasteiger partial charge in [-0.3, -0.25) is 9.69 Å². The lowest BCUT2D eigenvalue weighted by atomic mass is 9.87. The number of aromatic nitrogens is 2. The van der Waals surface area contributed by atoms with E-state index in [4.69, 9.17) is 16.1 Å². The average Bonchev–Trinajstić information content (AvgIpc) is 3.29. The normalized spacial score (nSPS) is 15.4. The lowest BCUT2D eigenvalue weighted by molar-refractivity contribution is -0.136. The number of halogens is 2. The van der Waals surface area contributed by atoms with Gasteiger partial charge in [0.15, 0.2) is 0 Å². The van der Waals surface area contributed by atoms with Gasteiger partial charge in [0.1, 0.15) is 5.82 Å². The van der Waals surface area contributed by atoms with E-state index in [2.05, 4.69) is 47.9 Å². The maximum Gasteiger partial charge on any atom is 0.246 e. The molecule has 0 unspecified atom stereocenters. The van der Waals surface area contributed by atoms with Crippen LogP contribution in [0.4, 0.5) is 4.39 Å². The Hall–Kier alpha value is -2.77. The van der Waals surface area contributed by atoms with Gasteiger partial charge in [0, 0.05) is 35.7 Å². The van der Waals surface area contributed by atoms with Gasteiger partial charge < -0.3 is 9.42 Å². The van der Waals surface area contributed by atoms with Gasteiger partial charge in [0.2, 0.25) is 17.6 Å². The summed E-state index contributed by atoms with van der Waals surface area (Å²) in [6, 6.07) is 12.9. The maximum absolute atomic E-state index is 14.1. The molecular formula is C27H32ClFN4O2. The topological polar surface area (TPSA) is 62.5 Å². The molecule has 6 nitrogen and oxygen atoms in total. The van der Waals surface area contributed by atoms with E-state index in [-0.39, 0.29) is 29.6 Å². The minimum absolute atomic E-state index is 0.0663. The molecule has 1 aliphatic rings. The summed E-state index contributed by atoms with van der Waals surface area (Å²) >= 11 is 5.84. The number of carbonyl (C=O) groups excluding carboxylic acids is 1. The van der Waals surface area contributed by atoms with E-state index in [1.54, 1.807) is 24.1 Å². The van der Waals surface area contributed by atoms with E-state index in [0.717, 1.165) is 31.5 Å². The molecular weight excluding hydrogens is 467 g/mol. The van der Waals surface area contributed by atoms with Gasteiger partial charge in [-0.15, -0.1) is 0 Å². The highest BCUT2D eigenvalue weighted by molar-refractivity contribution is 6.30. The maximum atomic E-state index is 14.1. The summed E-state index contributed by atoms with van der Waals surface area (Å²) in [6.45, 7) is 8.77. The van der Waals surface area contributed by atoms with E-state index in [1.807, 2.05) is 12.1 Å². The number of piperidine rings is 1. The van der Waals surface area contributed by atoms with Crippen molar-refractivity contribution >= 4 is 17.5 Å². The van der Waals surface area contributed by atoms with Crippen molar-refractivity contribution in [2.24, 2.45) is 5.92 Å². The Morgan fingerprint density at radius 3 is 2.49 bits per heavy atom. The standard InChI is InChI=1S/C27H32ClFN4O2/c1-27(2,3)21-8-5-18(6-9-21)25-30-24(35-31-25)17-32(4)26(34)19-11-13-33(14-12-19)16-20-7-10-22(28)15-23(20)29/h5-10,15,19H,11-14,16-17H2,1-4H3. The van der Waals surface area contributed by atoms with Crippen molar-refractivity contribution in [2.75, 3.05) is 20.1 Å². The molecule has 1 aromatic heterocycles. The first-order valence-electron chi connectivity index (χ1n) is 11.9. The molecule has 0 N–H and O–H groups in total. The number of hydrogen-bond acceptors (Lipinski definition) is 5. The highest BCUT2D eigenvalue weighted by Gasteiger charge is 2.28. The minimum atomic E-state index is -0.292. The van der Waals surface area contributed by atoms with E-state index in [9.17, 15) is 9.18 Å². The van der Waals surface area contributed by atoms with Crippen LogP contribution in [0.15, 0.2) is 47.0 Å². The second-order valence-electron chi connectivity index (χ2n) is 10.3. The van der Waals surface area contributed by atoms with Gasteiger partial charge in [-0.25, -0.2) is 4.39 Å². The van der Waals surface area contributed by atoms with Gasteiger partial charge >= 0.3 is 0 Å². The molecule has 186 valence electrons. The summed E-state index contributed by atoms with van der Waals surface area (Å²) < 4.78 is 19.5. The molecule has 1 amide bonds. The first-order valence-corrected chi connectivity index (χ1v) is 12.3. The van der Waals surface area contributed by atoms with Crippen LogP contribution in [0.1, 0.15) is 50.6 Å². The Kier molecular flexibility index (Phi) is 7.57. The number of nitrogens with zero attached hydrogens (tertiary/aromatic N) is 4. The lowest BCUT2D eigenvalue weighted by Gasteiger charge is -2.33. The number of benzene rings is 2. The van der Waals surface area contributed by atoms with Crippen LogP contribution >= 0.6 is 11.6 Å². The predicted octanol–water partition coefficient (Wildman–Crippen LogP) is 5.70. The van der Waals surface area contributed by atoms with Gasteiger partial charge in [-0.2, -0.15) is 4.98 Å². The van der Waals surface area contributed by atoms with Crippen molar-refractivity contribution in [3.8, 4) is 11.4 Å². The molecule has 0 saturated carbocycles. The fourth-order valence-electron chi connectivity index (χ4n) is 4.38. The Bertz CT molecular complexity index is 1160. The van der Waals surface area contributed by atoms with Crippen LogP contribution in [-0.4, -0.2) is 46.0 Å². The molecule has 3 aromatic rings. The predicted molar refractivity (Wildman–Crippen MR) is 134 cm³/mol. The molecule has 1 fully saturated rings. The zero-order chi connectivity index (χ0) is 25.2. The summed E-state index contributed by atoms with van der Waals surface area (Å²) in [4.78, 5) is 21.3. The van der Waals surface area contributed by atoms with Crippen LogP contribution in [-0.2, 0) is 23.3 Å². The molecule has 0 radical (unpaired) electrons. The Labute approximate surface area is 211 Å². The zero-order valence-electron chi connectivity index (χ0n) is 20.7. The van der Waals surface area contributed by atoms with Crippen LogP contribution in [0.2, 0.25) is 5.02 Å². The third-order valence-electron chi connectivity index (χ3n) is 6.57. The monoisotopic (exact) mass is 498 g/mol. The highest BCUT2D eigenvalue weighted by Crippen LogP contribution is 2.26. The van der Waals surface area contributed by atoms with Gasteiger partial charge in [0.05, 0.1) is 6.54 Å². The fraction of sp³-hybridized carbons (Fsp3) is 0.444. The summed E-state index contributed by atoms with van der Waals surface area (Å²) in [5, 5.41) is 4.49. The number of amides is 1. The molecule has 4 rings (SSSR count). The van der Waals surface area contributed by atoms with E-state index >= 15 is 0 Å². The molecule has 0 spiro atoms. The highest BCUT2D eigenvalue weighted by atomic mass is 35.5. The van der Waals surface area contributed by atoms with Crippen molar-refractivity contribution in [3.05, 3.63) is 70.3 Å².